The Morgan fingerprint density at radius 1 is 0.818 bits per heavy atom. The monoisotopic (exact) mass is 322 g/mol. The average Bonchev–Trinajstić information content (AvgIpc) is 2.54. The lowest BCUT2D eigenvalue weighted by atomic mass is 10.1. The quantitative estimate of drug-likeness (QED) is 0.330. The molecule has 22 heavy (non-hydrogen) atoms. The highest BCUT2D eigenvalue weighted by atomic mass is 16.6. The Kier molecular flexibility index (Phi) is 16.1. The second-order valence-electron chi connectivity index (χ2n) is 4.65. The Labute approximate surface area is 132 Å². The van der Waals surface area contributed by atoms with Gasteiger partial charge in [0, 0.05) is 0 Å². The smallest absolute Gasteiger partial charge is 0.308 e. The van der Waals surface area contributed by atoms with Gasteiger partial charge >= 0.3 is 5.97 Å². The first-order valence-corrected chi connectivity index (χ1v) is 7.80. The fourth-order valence-corrected chi connectivity index (χ4v) is 1.34. The van der Waals surface area contributed by atoms with Crippen molar-refractivity contribution in [3.8, 4) is 0 Å². The van der Waals surface area contributed by atoms with Gasteiger partial charge in [0.1, 0.15) is 6.61 Å². The van der Waals surface area contributed by atoms with Crippen molar-refractivity contribution in [3.63, 3.8) is 0 Å². The van der Waals surface area contributed by atoms with Gasteiger partial charge in [0.25, 0.3) is 0 Å². The summed E-state index contributed by atoms with van der Waals surface area (Å²) in [5.41, 5.74) is 0. The molecule has 7 nitrogen and oxygen atoms in total. The molecule has 0 bridgehead atoms. The molecular formula is C15H30O7. The number of ether oxygens (including phenoxy) is 5. The Morgan fingerprint density at radius 3 is 1.64 bits per heavy atom. The molecule has 1 atom stereocenters. The van der Waals surface area contributed by atoms with Gasteiger partial charge in [-0.25, -0.2) is 0 Å². The first-order valence-electron chi connectivity index (χ1n) is 7.80. The molecule has 0 radical (unpaired) electrons. The Balaban J connectivity index is 3.10. The molecule has 0 aromatic rings. The minimum Gasteiger partial charge on any atom is -0.463 e. The number of aliphatic hydroxyl groups is 1. The summed E-state index contributed by atoms with van der Waals surface area (Å²) in [6, 6.07) is 0. The van der Waals surface area contributed by atoms with Gasteiger partial charge in [0.15, 0.2) is 0 Å². The molecule has 0 rings (SSSR count). The van der Waals surface area contributed by atoms with Gasteiger partial charge in [-0.1, -0.05) is 13.8 Å². The molecule has 7 heteroatoms. The summed E-state index contributed by atoms with van der Waals surface area (Å²) in [4.78, 5) is 11.4. The van der Waals surface area contributed by atoms with Crippen LogP contribution in [0.1, 0.15) is 20.3 Å². The van der Waals surface area contributed by atoms with Crippen LogP contribution in [-0.4, -0.2) is 77.1 Å². The maximum Gasteiger partial charge on any atom is 0.308 e. The minimum atomic E-state index is -0.178. The number of rotatable bonds is 16. The van der Waals surface area contributed by atoms with Gasteiger partial charge < -0.3 is 28.8 Å². The zero-order chi connectivity index (χ0) is 16.5. The van der Waals surface area contributed by atoms with Crippen LogP contribution in [0.2, 0.25) is 0 Å². The van der Waals surface area contributed by atoms with E-state index < -0.39 is 0 Å². The van der Waals surface area contributed by atoms with Crippen LogP contribution < -0.4 is 0 Å². The Morgan fingerprint density at radius 2 is 1.23 bits per heavy atom. The van der Waals surface area contributed by atoms with Gasteiger partial charge in [-0.05, 0) is 6.42 Å². The molecule has 1 N–H and O–H groups in total. The van der Waals surface area contributed by atoms with Crippen molar-refractivity contribution in [2.45, 2.75) is 20.3 Å². The number of esters is 1. The molecule has 0 spiro atoms. The predicted octanol–water partition coefficient (Wildman–Crippen LogP) is 0.634. The van der Waals surface area contributed by atoms with Gasteiger partial charge in [-0.3, -0.25) is 4.79 Å². The van der Waals surface area contributed by atoms with Crippen LogP contribution in [0.25, 0.3) is 0 Å². The summed E-state index contributed by atoms with van der Waals surface area (Å²) in [6.07, 6.45) is 0.781. The van der Waals surface area contributed by atoms with Crippen molar-refractivity contribution in [2.75, 3.05) is 66.1 Å². The third-order valence-electron chi connectivity index (χ3n) is 2.84. The first kappa shape index (κ1) is 21.3. The van der Waals surface area contributed by atoms with Crippen LogP contribution in [0.5, 0.6) is 0 Å². The SMILES string of the molecule is CCC(C)C(=O)OCCOCCOCCOCCOCCO. The van der Waals surface area contributed by atoms with Crippen molar-refractivity contribution in [3.05, 3.63) is 0 Å². The standard InChI is InChI=1S/C15H30O7/c1-3-14(2)15(17)22-13-12-21-11-10-20-9-8-19-7-6-18-5-4-16/h14,16H,3-13H2,1-2H3. The molecule has 132 valence electrons. The lowest BCUT2D eigenvalue weighted by molar-refractivity contribution is -0.149. The van der Waals surface area contributed by atoms with E-state index in [0.717, 1.165) is 6.42 Å². The first-order chi connectivity index (χ1) is 10.7. The fraction of sp³-hybridized carbons (Fsp3) is 0.933. The number of carbonyl (C=O) groups excluding carboxylic acids is 1. The normalized spacial score (nSPS) is 12.3. The molecule has 0 saturated heterocycles. The predicted molar refractivity (Wildman–Crippen MR) is 80.8 cm³/mol. The van der Waals surface area contributed by atoms with E-state index in [1.165, 1.54) is 0 Å². The molecule has 0 aliphatic heterocycles. The number of carbonyl (C=O) groups is 1. The lowest BCUT2D eigenvalue weighted by Crippen LogP contribution is -2.18. The van der Waals surface area contributed by atoms with Gasteiger partial charge in [0.2, 0.25) is 0 Å². The maximum atomic E-state index is 11.4. The van der Waals surface area contributed by atoms with E-state index >= 15 is 0 Å². The summed E-state index contributed by atoms with van der Waals surface area (Å²) in [7, 11) is 0. The molecule has 0 heterocycles. The summed E-state index contributed by atoms with van der Waals surface area (Å²) in [5, 5.41) is 8.48. The van der Waals surface area contributed by atoms with Crippen LogP contribution in [-0.2, 0) is 28.5 Å². The highest BCUT2D eigenvalue weighted by Gasteiger charge is 2.10. The summed E-state index contributed by atoms with van der Waals surface area (Å²) < 4.78 is 25.9. The number of hydrogen-bond acceptors (Lipinski definition) is 7. The van der Waals surface area contributed by atoms with Crippen molar-refractivity contribution in [1.29, 1.82) is 0 Å². The average molecular weight is 322 g/mol. The van der Waals surface area contributed by atoms with Crippen LogP contribution in [0.4, 0.5) is 0 Å². The third-order valence-corrected chi connectivity index (χ3v) is 2.84. The lowest BCUT2D eigenvalue weighted by Gasteiger charge is -2.10. The fourth-order valence-electron chi connectivity index (χ4n) is 1.34. The molecule has 0 amide bonds. The molecule has 1 unspecified atom stereocenters. The van der Waals surface area contributed by atoms with E-state index in [0.29, 0.717) is 52.9 Å². The largest absolute Gasteiger partial charge is 0.463 e. The van der Waals surface area contributed by atoms with E-state index in [9.17, 15) is 4.79 Å². The summed E-state index contributed by atoms with van der Waals surface area (Å²) >= 11 is 0. The molecule has 0 aliphatic rings. The van der Waals surface area contributed by atoms with E-state index in [2.05, 4.69) is 0 Å². The van der Waals surface area contributed by atoms with Gasteiger partial charge in [0.05, 0.1) is 65.4 Å². The van der Waals surface area contributed by atoms with Crippen molar-refractivity contribution >= 4 is 5.97 Å². The van der Waals surface area contributed by atoms with Gasteiger partial charge in [-0.15, -0.1) is 0 Å². The molecule has 0 aromatic heterocycles. The van der Waals surface area contributed by atoms with Crippen molar-refractivity contribution in [2.24, 2.45) is 5.92 Å². The highest BCUT2D eigenvalue weighted by molar-refractivity contribution is 5.71. The summed E-state index contributed by atoms with van der Waals surface area (Å²) in [6.45, 7) is 7.70. The Bertz CT molecular complexity index is 248. The van der Waals surface area contributed by atoms with Crippen LogP contribution in [0.15, 0.2) is 0 Å². The molecule has 0 fully saturated rings. The minimum absolute atomic E-state index is 0.0277. The molecule has 0 aromatic carbocycles. The Hall–Kier alpha value is -0.730. The zero-order valence-electron chi connectivity index (χ0n) is 13.8. The third kappa shape index (κ3) is 14.2. The van der Waals surface area contributed by atoms with Gasteiger partial charge in [-0.2, -0.15) is 0 Å². The second-order valence-corrected chi connectivity index (χ2v) is 4.65. The zero-order valence-corrected chi connectivity index (χ0v) is 13.8. The van der Waals surface area contributed by atoms with E-state index in [4.69, 9.17) is 28.8 Å². The second kappa shape index (κ2) is 16.6. The number of hydrogen-bond donors (Lipinski definition) is 1. The van der Waals surface area contributed by atoms with E-state index in [1.807, 2.05) is 13.8 Å². The van der Waals surface area contributed by atoms with Crippen LogP contribution in [0.3, 0.4) is 0 Å². The van der Waals surface area contributed by atoms with E-state index in [1.54, 1.807) is 0 Å². The summed E-state index contributed by atoms with van der Waals surface area (Å²) in [5.74, 6) is -0.236. The number of aliphatic hydroxyl groups excluding tert-OH is 1. The highest BCUT2D eigenvalue weighted by Crippen LogP contribution is 2.02. The molecular weight excluding hydrogens is 292 g/mol. The maximum absolute atomic E-state index is 11.4. The molecule has 0 saturated carbocycles. The topological polar surface area (TPSA) is 83.5 Å². The molecule has 0 aliphatic carbocycles. The van der Waals surface area contributed by atoms with Crippen molar-refractivity contribution < 1.29 is 33.6 Å². The van der Waals surface area contributed by atoms with E-state index in [-0.39, 0.29) is 25.1 Å². The van der Waals surface area contributed by atoms with Crippen LogP contribution >= 0.6 is 0 Å². The van der Waals surface area contributed by atoms with Crippen molar-refractivity contribution in [1.82, 2.24) is 0 Å². The van der Waals surface area contributed by atoms with Crippen LogP contribution in [0, 0.1) is 5.92 Å².